The Balaban J connectivity index is 2.34. The molecule has 2 N–H and O–H groups in total. The van der Waals surface area contributed by atoms with Gasteiger partial charge in [-0.25, -0.2) is 4.98 Å². The van der Waals surface area contributed by atoms with E-state index in [1.54, 1.807) is 7.11 Å². The van der Waals surface area contributed by atoms with Crippen molar-refractivity contribution in [2.24, 2.45) is 7.05 Å². The molecule has 0 spiro atoms. The third kappa shape index (κ3) is 4.82. The number of rotatable bonds is 7. The van der Waals surface area contributed by atoms with Crippen molar-refractivity contribution in [1.82, 2.24) is 9.55 Å². The molecule has 0 bridgehead atoms. The number of anilines is 1. The van der Waals surface area contributed by atoms with E-state index in [9.17, 15) is 0 Å². The van der Waals surface area contributed by atoms with Crippen LogP contribution in [0.3, 0.4) is 0 Å². The summed E-state index contributed by atoms with van der Waals surface area (Å²) in [5, 5.41) is 0. The second kappa shape index (κ2) is 8.85. The molecule has 0 aliphatic heterocycles. The number of nitrogen functional groups attached to an aromatic ring is 1. The standard InChI is InChI=1S/C19H24BrN3O/c1-4-15(6-5-11-24-3)17(18-13-23(2)19(21)22-18)12-14-7-9-16(20)10-8-14/h4-10,13,17H,11-12H2,1-3H3,(H2,21,22)/b6-5-,15-4+. The first-order valence-electron chi connectivity index (χ1n) is 7.90. The molecule has 1 atom stereocenters. The van der Waals surface area contributed by atoms with Crippen molar-refractivity contribution >= 4 is 21.9 Å². The summed E-state index contributed by atoms with van der Waals surface area (Å²) in [6.45, 7) is 2.64. The molecule has 1 aromatic carbocycles. The van der Waals surface area contributed by atoms with Crippen LogP contribution in [0.1, 0.15) is 24.1 Å². The summed E-state index contributed by atoms with van der Waals surface area (Å²) in [7, 11) is 3.61. The number of allylic oxidation sites excluding steroid dienone is 3. The number of aryl methyl sites for hydroxylation is 1. The molecule has 1 heterocycles. The summed E-state index contributed by atoms with van der Waals surface area (Å²) in [5.41, 5.74) is 9.38. The molecular weight excluding hydrogens is 366 g/mol. The molecule has 0 aliphatic carbocycles. The third-order valence-corrected chi connectivity index (χ3v) is 4.48. The zero-order chi connectivity index (χ0) is 17.5. The van der Waals surface area contributed by atoms with E-state index in [0.717, 1.165) is 16.6 Å². The number of methoxy groups -OCH3 is 1. The Morgan fingerprint density at radius 3 is 2.62 bits per heavy atom. The molecule has 128 valence electrons. The van der Waals surface area contributed by atoms with Gasteiger partial charge in [0.1, 0.15) is 0 Å². The Kier molecular flexibility index (Phi) is 6.82. The highest BCUT2D eigenvalue weighted by Gasteiger charge is 2.19. The predicted octanol–water partition coefficient (Wildman–Crippen LogP) is 4.24. The fourth-order valence-corrected chi connectivity index (χ4v) is 2.88. The lowest BCUT2D eigenvalue weighted by atomic mass is 9.88. The number of imidazole rings is 1. The summed E-state index contributed by atoms with van der Waals surface area (Å²) < 4.78 is 8.05. The topological polar surface area (TPSA) is 53.1 Å². The van der Waals surface area contributed by atoms with Crippen molar-refractivity contribution in [2.75, 3.05) is 19.5 Å². The van der Waals surface area contributed by atoms with Gasteiger partial charge < -0.3 is 15.0 Å². The molecule has 2 rings (SSSR count). The molecule has 4 nitrogen and oxygen atoms in total. The number of ether oxygens (including phenoxy) is 1. The normalized spacial score (nSPS) is 13.6. The molecular formula is C19H24BrN3O. The highest BCUT2D eigenvalue weighted by atomic mass is 79.9. The number of halogens is 1. The summed E-state index contributed by atoms with van der Waals surface area (Å²) in [6, 6.07) is 8.40. The van der Waals surface area contributed by atoms with Crippen LogP contribution in [0.4, 0.5) is 5.95 Å². The highest BCUT2D eigenvalue weighted by molar-refractivity contribution is 9.10. The van der Waals surface area contributed by atoms with Gasteiger partial charge >= 0.3 is 0 Å². The van der Waals surface area contributed by atoms with Crippen LogP contribution in [0.25, 0.3) is 0 Å². The molecule has 0 saturated carbocycles. The van der Waals surface area contributed by atoms with Gasteiger partial charge in [0.25, 0.3) is 0 Å². The van der Waals surface area contributed by atoms with Crippen LogP contribution in [0.2, 0.25) is 0 Å². The van der Waals surface area contributed by atoms with E-state index >= 15 is 0 Å². The lowest BCUT2D eigenvalue weighted by Crippen LogP contribution is -2.06. The van der Waals surface area contributed by atoms with Crippen LogP contribution < -0.4 is 5.73 Å². The van der Waals surface area contributed by atoms with Crippen molar-refractivity contribution in [3.05, 3.63) is 70.0 Å². The zero-order valence-electron chi connectivity index (χ0n) is 14.4. The summed E-state index contributed by atoms with van der Waals surface area (Å²) in [6.07, 6.45) is 9.13. The van der Waals surface area contributed by atoms with Crippen molar-refractivity contribution in [2.45, 2.75) is 19.3 Å². The van der Waals surface area contributed by atoms with Crippen molar-refractivity contribution < 1.29 is 4.74 Å². The Morgan fingerprint density at radius 1 is 1.38 bits per heavy atom. The summed E-state index contributed by atoms with van der Waals surface area (Å²) in [5.74, 6) is 0.676. The van der Waals surface area contributed by atoms with E-state index in [-0.39, 0.29) is 5.92 Å². The molecule has 1 unspecified atom stereocenters. The van der Waals surface area contributed by atoms with Crippen LogP contribution in [-0.4, -0.2) is 23.3 Å². The Labute approximate surface area is 152 Å². The average molecular weight is 390 g/mol. The SMILES string of the molecule is C/C=C(\C=C/COC)C(Cc1ccc(Br)cc1)c1cn(C)c(N)n1. The molecule has 0 aliphatic rings. The average Bonchev–Trinajstić information content (AvgIpc) is 2.91. The maximum absolute atomic E-state index is 5.94. The summed E-state index contributed by atoms with van der Waals surface area (Å²) in [4.78, 5) is 4.55. The van der Waals surface area contributed by atoms with Crippen LogP contribution in [-0.2, 0) is 18.2 Å². The molecule has 24 heavy (non-hydrogen) atoms. The van der Waals surface area contributed by atoms with Gasteiger partial charge in [-0.15, -0.1) is 0 Å². The Bertz CT molecular complexity index is 697. The fourth-order valence-electron chi connectivity index (χ4n) is 2.62. The second-order valence-corrected chi connectivity index (χ2v) is 6.58. The number of nitrogens with zero attached hydrogens (tertiary/aromatic N) is 2. The molecule has 2 aromatic rings. The minimum atomic E-state index is 0.146. The monoisotopic (exact) mass is 389 g/mol. The van der Waals surface area contributed by atoms with Gasteiger partial charge in [0.15, 0.2) is 5.95 Å². The molecule has 0 amide bonds. The Hall–Kier alpha value is -1.85. The minimum absolute atomic E-state index is 0.146. The number of benzene rings is 1. The Morgan fingerprint density at radius 2 is 2.08 bits per heavy atom. The first-order chi connectivity index (χ1) is 11.5. The van der Waals surface area contributed by atoms with Crippen molar-refractivity contribution in [3.63, 3.8) is 0 Å². The van der Waals surface area contributed by atoms with E-state index in [4.69, 9.17) is 10.5 Å². The predicted molar refractivity (Wildman–Crippen MR) is 103 cm³/mol. The molecule has 0 fully saturated rings. The van der Waals surface area contributed by atoms with Crippen molar-refractivity contribution in [3.8, 4) is 0 Å². The zero-order valence-corrected chi connectivity index (χ0v) is 16.0. The van der Waals surface area contributed by atoms with Crippen LogP contribution >= 0.6 is 15.9 Å². The van der Waals surface area contributed by atoms with E-state index in [1.807, 2.05) is 30.8 Å². The number of hydrogen-bond donors (Lipinski definition) is 1. The molecule has 0 saturated heterocycles. The fraction of sp³-hybridized carbons (Fsp3) is 0.316. The number of hydrogen-bond acceptors (Lipinski definition) is 3. The van der Waals surface area contributed by atoms with Crippen LogP contribution in [0.15, 0.2) is 58.7 Å². The maximum atomic E-state index is 5.94. The third-order valence-electron chi connectivity index (χ3n) is 3.95. The van der Waals surface area contributed by atoms with Gasteiger partial charge in [0.05, 0.1) is 12.3 Å². The minimum Gasteiger partial charge on any atom is -0.381 e. The van der Waals surface area contributed by atoms with Gasteiger partial charge in [0, 0.05) is 30.7 Å². The molecule has 5 heteroatoms. The highest BCUT2D eigenvalue weighted by Crippen LogP contribution is 2.29. The molecule has 1 aromatic heterocycles. The smallest absolute Gasteiger partial charge is 0.200 e. The van der Waals surface area contributed by atoms with Crippen molar-refractivity contribution in [1.29, 1.82) is 0 Å². The van der Waals surface area contributed by atoms with Gasteiger partial charge in [-0.2, -0.15) is 0 Å². The lowest BCUT2D eigenvalue weighted by molar-refractivity contribution is 0.234. The first-order valence-corrected chi connectivity index (χ1v) is 8.69. The quantitative estimate of drug-likeness (QED) is 0.720. The van der Waals surface area contributed by atoms with E-state index in [2.05, 4.69) is 57.3 Å². The molecule has 0 radical (unpaired) electrons. The van der Waals surface area contributed by atoms with Crippen LogP contribution in [0, 0.1) is 0 Å². The number of aromatic nitrogens is 2. The summed E-state index contributed by atoms with van der Waals surface area (Å²) >= 11 is 3.49. The maximum Gasteiger partial charge on any atom is 0.200 e. The number of nitrogens with two attached hydrogens (primary N) is 1. The second-order valence-electron chi connectivity index (χ2n) is 5.66. The van der Waals surface area contributed by atoms with Gasteiger partial charge in [0.2, 0.25) is 0 Å². The van der Waals surface area contributed by atoms with Crippen LogP contribution in [0.5, 0.6) is 0 Å². The largest absolute Gasteiger partial charge is 0.381 e. The van der Waals surface area contributed by atoms with Gasteiger partial charge in [-0.1, -0.05) is 46.3 Å². The van der Waals surface area contributed by atoms with Gasteiger partial charge in [-0.3, -0.25) is 0 Å². The van der Waals surface area contributed by atoms with E-state index in [1.165, 1.54) is 11.1 Å². The lowest BCUT2D eigenvalue weighted by Gasteiger charge is -2.17. The van der Waals surface area contributed by atoms with Gasteiger partial charge in [-0.05, 0) is 36.6 Å². The van der Waals surface area contributed by atoms with E-state index < -0.39 is 0 Å². The van der Waals surface area contributed by atoms with E-state index in [0.29, 0.717) is 12.6 Å². The first kappa shape index (κ1) is 18.5.